The van der Waals surface area contributed by atoms with E-state index in [1.54, 1.807) is 24.3 Å². The molecule has 0 saturated heterocycles. The van der Waals surface area contributed by atoms with Crippen molar-refractivity contribution in [2.45, 2.75) is 31.2 Å². The largest absolute Gasteiger partial charge is 0.478 e. The lowest BCUT2D eigenvalue weighted by atomic mass is 9.87. The molecule has 0 radical (unpaired) electrons. The molecule has 1 aromatic heterocycles. The van der Waals surface area contributed by atoms with Gasteiger partial charge in [-0.05, 0) is 77.1 Å². The van der Waals surface area contributed by atoms with Crippen LogP contribution in [0.1, 0.15) is 63.4 Å². The Balaban J connectivity index is 1.33. The van der Waals surface area contributed by atoms with Gasteiger partial charge in [-0.3, -0.25) is 4.79 Å². The number of nitrogens with one attached hydrogen (secondary N) is 1. The fourth-order valence-electron chi connectivity index (χ4n) is 5.91. The molecule has 6 nitrogen and oxygen atoms in total. The molecular formula is C36H28N2O4. The van der Waals surface area contributed by atoms with E-state index in [1.807, 2.05) is 61.5 Å². The summed E-state index contributed by atoms with van der Waals surface area (Å²) in [5, 5.41) is 19.9. The highest BCUT2D eigenvalue weighted by molar-refractivity contribution is 6.09. The monoisotopic (exact) mass is 552 g/mol. The molecular weight excluding hydrogens is 524 g/mol. The van der Waals surface area contributed by atoms with Crippen LogP contribution in [-0.2, 0) is 5.41 Å². The third kappa shape index (κ3) is 4.41. The first-order valence-electron chi connectivity index (χ1n) is 14.1. The van der Waals surface area contributed by atoms with Gasteiger partial charge in [-0.25, -0.2) is 4.79 Å². The van der Waals surface area contributed by atoms with Crippen molar-refractivity contribution >= 4 is 33.6 Å². The Hall–Kier alpha value is -5.23. The second-order valence-electron chi connectivity index (χ2n) is 11.1. The summed E-state index contributed by atoms with van der Waals surface area (Å²) in [4.78, 5) is 25.3. The fraction of sp³-hybridized carbons (Fsp3) is 0.139. The first-order valence-corrected chi connectivity index (χ1v) is 14.1. The van der Waals surface area contributed by atoms with Gasteiger partial charge in [0.25, 0.3) is 5.91 Å². The Morgan fingerprint density at radius 3 is 2.26 bits per heavy atom. The number of rotatable bonds is 7. The standard InChI is InChI=1S/C36H28N2O4/c1-22(23-11-13-26(14-12-23)35(40)41)37-34(39)30-20-28(24-7-3-2-4-8-24)21-31-32(30)33(42-38-31)36(17-18-36)29-16-15-25-9-5-6-10-27(25)19-29/h2-16,19-22H,17-18H2,1H3,(H,37,39)(H,40,41)/t22-/m0/s1. The Bertz CT molecular complexity index is 1970. The van der Waals surface area contributed by atoms with E-state index in [4.69, 9.17) is 4.52 Å². The number of carbonyl (C=O) groups is 2. The third-order valence-electron chi connectivity index (χ3n) is 8.42. The normalized spacial score (nSPS) is 14.5. The van der Waals surface area contributed by atoms with E-state index in [0.29, 0.717) is 11.1 Å². The maximum absolute atomic E-state index is 14.0. The molecule has 1 amide bonds. The molecule has 1 aliphatic carbocycles. The van der Waals surface area contributed by atoms with Crippen LogP contribution in [0.25, 0.3) is 32.8 Å². The smallest absolute Gasteiger partial charge is 0.335 e. The van der Waals surface area contributed by atoms with Crippen LogP contribution in [0.2, 0.25) is 0 Å². The van der Waals surface area contributed by atoms with Crippen LogP contribution in [-0.4, -0.2) is 22.1 Å². The highest BCUT2D eigenvalue weighted by atomic mass is 16.5. The van der Waals surface area contributed by atoms with Gasteiger partial charge in [-0.1, -0.05) is 90.1 Å². The molecule has 0 spiro atoms. The first-order chi connectivity index (χ1) is 20.4. The fourth-order valence-corrected chi connectivity index (χ4v) is 5.91. The van der Waals surface area contributed by atoms with Crippen LogP contribution < -0.4 is 5.32 Å². The highest BCUT2D eigenvalue weighted by Gasteiger charge is 2.51. The third-order valence-corrected chi connectivity index (χ3v) is 8.42. The van der Waals surface area contributed by atoms with E-state index < -0.39 is 5.97 Å². The van der Waals surface area contributed by atoms with Crippen LogP contribution in [0, 0.1) is 0 Å². The Morgan fingerprint density at radius 2 is 1.55 bits per heavy atom. The van der Waals surface area contributed by atoms with Crippen LogP contribution in [0.3, 0.4) is 0 Å². The van der Waals surface area contributed by atoms with Crippen molar-refractivity contribution in [3.05, 3.63) is 137 Å². The van der Waals surface area contributed by atoms with Gasteiger partial charge in [-0.2, -0.15) is 0 Å². The lowest BCUT2D eigenvalue weighted by Gasteiger charge is -2.18. The second-order valence-corrected chi connectivity index (χ2v) is 11.1. The molecule has 6 aromatic rings. The molecule has 6 heteroatoms. The van der Waals surface area contributed by atoms with Gasteiger partial charge in [0.2, 0.25) is 0 Å². The topological polar surface area (TPSA) is 92.4 Å². The van der Waals surface area contributed by atoms with Crippen molar-refractivity contribution in [1.29, 1.82) is 0 Å². The number of nitrogens with zero attached hydrogens (tertiary/aromatic N) is 1. The molecule has 1 atom stereocenters. The summed E-state index contributed by atoms with van der Waals surface area (Å²) >= 11 is 0. The number of aromatic carboxylic acids is 1. The summed E-state index contributed by atoms with van der Waals surface area (Å²) in [5.41, 5.74) is 4.82. The molecule has 1 saturated carbocycles. The molecule has 2 N–H and O–H groups in total. The summed E-state index contributed by atoms with van der Waals surface area (Å²) in [6, 6.07) is 34.8. The van der Waals surface area contributed by atoms with Crippen molar-refractivity contribution in [2.75, 3.05) is 0 Å². The first kappa shape index (κ1) is 25.7. The van der Waals surface area contributed by atoms with E-state index in [-0.39, 0.29) is 22.9 Å². The average molecular weight is 553 g/mol. The van der Waals surface area contributed by atoms with Crippen molar-refractivity contribution < 1.29 is 19.2 Å². The average Bonchev–Trinajstić information content (AvgIpc) is 3.72. The molecule has 42 heavy (non-hydrogen) atoms. The van der Waals surface area contributed by atoms with Crippen molar-refractivity contribution in [3.63, 3.8) is 0 Å². The molecule has 0 aliphatic heterocycles. The van der Waals surface area contributed by atoms with Gasteiger partial charge < -0.3 is 14.9 Å². The van der Waals surface area contributed by atoms with Crippen LogP contribution >= 0.6 is 0 Å². The van der Waals surface area contributed by atoms with Crippen LogP contribution in [0.5, 0.6) is 0 Å². The number of aromatic nitrogens is 1. The predicted molar refractivity (Wildman–Crippen MR) is 163 cm³/mol. The summed E-state index contributed by atoms with van der Waals surface area (Å²) < 4.78 is 6.13. The van der Waals surface area contributed by atoms with E-state index in [9.17, 15) is 14.7 Å². The zero-order valence-corrected chi connectivity index (χ0v) is 23.0. The van der Waals surface area contributed by atoms with Gasteiger partial charge in [0, 0.05) is 0 Å². The molecule has 5 aromatic carbocycles. The predicted octanol–water partition coefficient (Wildman–Crippen LogP) is 7.92. The quantitative estimate of drug-likeness (QED) is 0.210. The summed E-state index contributed by atoms with van der Waals surface area (Å²) in [6.45, 7) is 1.89. The lowest BCUT2D eigenvalue weighted by molar-refractivity contribution is 0.0696. The van der Waals surface area contributed by atoms with Gasteiger partial charge in [0.1, 0.15) is 5.52 Å². The van der Waals surface area contributed by atoms with Gasteiger partial charge >= 0.3 is 5.97 Å². The summed E-state index contributed by atoms with van der Waals surface area (Å²) in [6.07, 6.45) is 1.81. The number of carbonyl (C=O) groups excluding carboxylic acids is 1. The number of hydrogen-bond acceptors (Lipinski definition) is 4. The number of carboxylic acids is 1. The van der Waals surface area contributed by atoms with Crippen LogP contribution in [0.15, 0.2) is 114 Å². The summed E-state index contributed by atoms with van der Waals surface area (Å²) in [7, 11) is 0. The van der Waals surface area contributed by atoms with E-state index >= 15 is 0 Å². The maximum Gasteiger partial charge on any atom is 0.335 e. The number of fused-ring (bicyclic) bond motifs is 2. The molecule has 1 fully saturated rings. The molecule has 1 aliphatic rings. The molecule has 0 unspecified atom stereocenters. The second kappa shape index (κ2) is 10.00. The Morgan fingerprint density at radius 1 is 0.833 bits per heavy atom. The minimum Gasteiger partial charge on any atom is -0.478 e. The van der Waals surface area contributed by atoms with E-state index in [2.05, 4.69) is 40.8 Å². The highest BCUT2D eigenvalue weighted by Crippen LogP contribution is 2.56. The Kier molecular flexibility index (Phi) is 6.12. The molecule has 0 bridgehead atoms. The van der Waals surface area contributed by atoms with E-state index in [0.717, 1.165) is 51.6 Å². The number of carboxylic acid groups (broad SMARTS) is 1. The number of benzene rings is 5. The zero-order valence-electron chi connectivity index (χ0n) is 23.0. The van der Waals surface area contributed by atoms with Crippen molar-refractivity contribution in [3.8, 4) is 11.1 Å². The maximum atomic E-state index is 14.0. The van der Waals surface area contributed by atoms with Gasteiger partial charge in [0.15, 0.2) is 5.76 Å². The molecule has 1 heterocycles. The number of amides is 1. The van der Waals surface area contributed by atoms with Crippen molar-refractivity contribution in [2.24, 2.45) is 0 Å². The minimum atomic E-state index is -0.987. The molecule has 206 valence electrons. The zero-order chi connectivity index (χ0) is 28.8. The lowest BCUT2D eigenvalue weighted by Crippen LogP contribution is -2.27. The van der Waals surface area contributed by atoms with Crippen molar-refractivity contribution in [1.82, 2.24) is 10.5 Å². The summed E-state index contributed by atoms with van der Waals surface area (Å²) in [5.74, 6) is -0.513. The molecule has 7 rings (SSSR count). The minimum absolute atomic E-state index is 0.201. The van der Waals surface area contributed by atoms with Gasteiger partial charge in [0.05, 0.1) is 28.0 Å². The SMILES string of the molecule is C[C@H](NC(=O)c1cc(-c2ccccc2)cc2noc(C3(c4ccc5ccccc5c4)CC3)c12)c1ccc(C(=O)O)cc1. The Labute approximate surface area is 242 Å². The van der Waals surface area contributed by atoms with Gasteiger partial charge in [-0.15, -0.1) is 0 Å². The van der Waals surface area contributed by atoms with E-state index in [1.165, 1.54) is 5.39 Å². The number of hydrogen-bond donors (Lipinski definition) is 2. The van der Waals surface area contributed by atoms with Crippen LogP contribution in [0.4, 0.5) is 0 Å².